The topological polar surface area (TPSA) is 85.3 Å². The third-order valence-electron chi connectivity index (χ3n) is 2.53. The Hall–Kier alpha value is -2.56. The Morgan fingerprint density at radius 1 is 1.28 bits per heavy atom. The summed E-state index contributed by atoms with van der Waals surface area (Å²) in [6.45, 7) is 0.297. The van der Waals surface area contributed by atoms with Crippen LogP contribution in [0.15, 0.2) is 47.4 Å². The lowest BCUT2D eigenvalue weighted by Gasteiger charge is -2.07. The van der Waals surface area contributed by atoms with Crippen molar-refractivity contribution in [3.8, 4) is 0 Å². The van der Waals surface area contributed by atoms with Crippen molar-refractivity contribution in [3.63, 3.8) is 0 Å². The molecule has 0 atom stereocenters. The van der Waals surface area contributed by atoms with Crippen LogP contribution in [0.25, 0.3) is 0 Å². The van der Waals surface area contributed by atoms with E-state index in [0.29, 0.717) is 12.2 Å². The van der Waals surface area contributed by atoms with Gasteiger partial charge in [0.15, 0.2) is 0 Å². The quantitative estimate of drug-likeness (QED) is 0.848. The lowest BCUT2D eigenvalue weighted by molar-refractivity contribution is 0.0696. The Morgan fingerprint density at radius 3 is 2.78 bits per heavy atom. The summed E-state index contributed by atoms with van der Waals surface area (Å²) in [5.74, 6) is -0.989. The first-order valence-electron chi connectivity index (χ1n) is 5.34. The van der Waals surface area contributed by atoms with Crippen molar-refractivity contribution in [1.29, 1.82) is 0 Å². The monoisotopic (exact) mass is 244 g/mol. The van der Waals surface area contributed by atoms with Gasteiger partial charge in [-0.05, 0) is 23.8 Å². The van der Waals surface area contributed by atoms with Crippen LogP contribution >= 0.6 is 0 Å². The predicted molar refractivity (Wildman–Crippen MR) is 67.6 cm³/mol. The molecule has 0 aliphatic carbocycles. The number of rotatable bonds is 3. The maximum atomic E-state index is 11.6. The number of hydrogen-bond acceptors (Lipinski definition) is 3. The predicted octanol–water partition coefficient (Wildman–Crippen LogP) is 1.18. The SMILES string of the molecule is Nc1ccc(=O)n(Cc2cccc(C(=O)O)c2)c1. The van der Waals surface area contributed by atoms with Gasteiger partial charge in [-0.25, -0.2) is 4.79 Å². The Labute approximate surface area is 103 Å². The second-order valence-electron chi connectivity index (χ2n) is 3.93. The number of nitrogens with two attached hydrogens (primary N) is 1. The van der Waals surface area contributed by atoms with Crippen LogP contribution in [-0.4, -0.2) is 15.6 Å². The lowest BCUT2D eigenvalue weighted by Crippen LogP contribution is -2.19. The Kier molecular flexibility index (Phi) is 3.14. The Morgan fingerprint density at radius 2 is 2.06 bits per heavy atom. The standard InChI is InChI=1S/C13H12N2O3/c14-11-4-5-12(16)15(8-11)7-9-2-1-3-10(6-9)13(17)18/h1-6,8H,7,14H2,(H,17,18). The molecule has 5 heteroatoms. The van der Waals surface area contributed by atoms with Gasteiger partial charge in [0, 0.05) is 18.0 Å². The molecule has 0 bridgehead atoms. The largest absolute Gasteiger partial charge is 0.478 e. The molecule has 0 unspecified atom stereocenters. The number of carbonyl (C=O) groups is 1. The van der Waals surface area contributed by atoms with Crippen LogP contribution in [0, 0.1) is 0 Å². The number of pyridine rings is 1. The van der Waals surface area contributed by atoms with Crippen molar-refractivity contribution < 1.29 is 9.90 Å². The van der Waals surface area contributed by atoms with Crippen LogP contribution in [0.2, 0.25) is 0 Å². The summed E-state index contributed by atoms with van der Waals surface area (Å²) in [7, 11) is 0. The van der Waals surface area contributed by atoms with Crippen molar-refractivity contribution >= 4 is 11.7 Å². The van der Waals surface area contributed by atoms with E-state index in [9.17, 15) is 9.59 Å². The van der Waals surface area contributed by atoms with Gasteiger partial charge in [0.05, 0.1) is 12.1 Å². The molecule has 0 saturated heterocycles. The molecule has 5 nitrogen and oxygen atoms in total. The lowest BCUT2D eigenvalue weighted by atomic mass is 10.1. The summed E-state index contributed by atoms with van der Waals surface area (Å²) >= 11 is 0. The minimum absolute atomic E-state index is 0.176. The summed E-state index contributed by atoms with van der Waals surface area (Å²) in [5.41, 5.74) is 6.86. The molecule has 0 aliphatic heterocycles. The molecule has 0 saturated carbocycles. The summed E-state index contributed by atoms with van der Waals surface area (Å²) in [6.07, 6.45) is 1.54. The number of nitrogen functional groups attached to an aromatic ring is 1. The van der Waals surface area contributed by atoms with Gasteiger partial charge in [-0.3, -0.25) is 4.79 Å². The van der Waals surface area contributed by atoms with Gasteiger partial charge >= 0.3 is 5.97 Å². The van der Waals surface area contributed by atoms with Crippen LogP contribution in [0.4, 0.5) is 5.69 Å². The fourth-order valence-electron chi connectivity index (χ4n) is 1.67. The normalized spacial score (nSPS) is 10.2. The van der Waals surface area contributed by atoms with Crippen molar-refractivity contribution in [2.24, 2.45) is 0 Å². The highest BCUT2D eigenvalue weighted by molar-refractivity contribution is 5.87. The molecule has 18 heavy (non-hydrogen) atoms. The fraction of sp³-hybridized carbons (Fsp3) is 0.0769. The molecular weight excluding hydrogens is 232 g/mol. The highest BCUT2D eigenvalue weighted by Gasteiger charge is 2.04. The van der Waals surface area contributed by atoms with Crippen LogP contribution < -0.4 is 11.3 Å². The van der Waals surface area contributed by atoms with E-state index in [1.54, 1.807) is 12.1 Å². The second kappa shape index (κ2) is 4.75. The number of carboxylic acids is 1. The van der Waals surface area contributed by atoms with E-state index in [1.165, 1.54) is 35.0 Å². The zero-order chi connectivity index (χ0) is 13.1. The molecule has 0 radical (unpaired) electrons. The molecule has 1 aromatic heterocycles. The van der Waals surface area contributed by atoms with E-state index >= 15 is 0 Å². The van der Waals surface area contributed by atoms with Gasteiger partial charge < -0.3 is 15.4 Å². The van der Waals surface area contributed by atoms with Gasteiger partial charge in [-0.15, -0.1) is 0 Å². The molecule has 2 aromatic rings. The summed E-state index contributed by atoms with van der Waals surface area (Å²) in [4.78, 5) is 22.4. The summed E-state index contributed by atoms with van der Waals surface area (Å²) < 4.78 is 1.44. The van der Waals surface area contributed by atoms with Crippen LogP contribution in [0.5, 0.6) is 0 Å². The minimum atomic E-state index is -0.989. The van der Waals surface area contributed by atoms with E-state index in [0.717, 1.165) is 5.56 Å². The average molecular weight is 244 g/mol. The van der Waals surface area contributed by atoms with E-state index in [1.807, 2.05) is 0 Å². The number of aromatic nitrogens is 1. The Bertz CT molecular complexity index is 647. The van der Waals surface area contributed by atoms with E-state index in [2.05, 4.69) is 0 Å². The second-order valence-corrected chi connectivity index (χ2v) is 3.93. The van der Waals surface area contributed by atoms with Gasteiger partial charge in [0.1, 0.15) is 0 Å². The van der Waals surface area contributed by atoms with Gasteiger partial charge in [0.2, 0.25) is 0 Å². The third kappa shape index (κ3) is 2.57. The molecule has 0 spiro atoms. The molecule has 0 fully saturated rings. The molecule has 1 heterocycles. The number of hydrogen-bond donors (Lipinski definition) is 2. The summed E-state index contributed by atoms with van der Waals surface area (Å²) in [5, 5.41) is 8.89. The fourth-order valence-corrected chi connectivity index (χ4v) is 1.67. The van der Waals surface area contributed by atoms with Crippen molar-refractivity contribution in [2.75, 3.05) is 5.73 Å². The summed E-state index contributed by atoms with van der Waals surface area (Å²) in [6, 6.07) is 9.38. The number of benzene rings is 1. The van der Waals surface area contributed by atoms with Crippen LogP contribution in [-0.2, 0) is 6.54 Å². The van der Waals surface area contributed by atoms with Crippen LogP contribution in [0.1, 0.15) is 15.9 Å². The van der Waals surface area contributed by atoms with Crippen molar-refractivity contribution in [3.05, 3.63) is 64.1 Å². The number of nitrogens with zero attached hydrogens (tertiary/aromatic N) is 1. The van der Waals surface area contributed by atoms with E-state index < -0.39 is 5.97 Å². The minimum Gasteiger partial charge on any atom is -0.478 e. The Balaban J connectivity index is 2.34. The molecule has 92 valence electrons. The molecule has 1 aromatic carbocycles. The van der Waals surface area contributed by atoms with Crippen molar-refractivity contribution in [2.45, 2.75) is 6.54 Å². The van der Waals surface area contributed by atoms with Gasteiger partial charge in [-0.1, -0.05) is 12.1 Å². The average Bonchev–Trinajstić information content (AvgIpc) is 2.34. The van der Waals surface area contributed by atoms with Crippen molar-refractivity contribution in [1.82, 2.24) is 4.57 Å². The third-order valence-corrected chi connectivity index (χ3v) is 2.53. The highest BCUT2D eigenvalue weighted by atomic mass is 16.4. The molecule has 3 N–H and O–H groups in total. The first-order valence-corrected chi connectivity index (χ1v) is 5.34. The highest BCUT2D eigenvalue weighted by Crippen LogP contribution is 2.07. The van der Waals surface area contributed by atoms with Gasteiger partial charge in [0.25, 0.3) is 5.56 Å². The maximum absolute atomic E-state index is 11.6. The molecule has 0 amide bonds. The smallest absolute Gasteiger partial charge is 0.335 e. The molecular formula is C13H12N2O3. The number of carboxylic acid groups (broad SMARTS) is 1. The molecule has 0 aliphatic rings. The maximum Gasteiger partial charge on any atom is 0.335 e. The first kappa shape index (κ1) is 11.9. The number of aromatic carboxylic acids is 1. The van der Waals surface area contributed by atoms with E-state index in [4.69, 9.17) is 10.8 Å². The zero-order valence-electron chi connectivity index (χ0n) is 9.54. The van der Waals surface area contributed by atoms with E-state index in [-0.39, 0.29) is 11.1 Å². The van der Waals surface area contributed by atoms with Crippen LogP contribution in [0.3, 0.4) is 0 Å². The first-order chi connectivity index (χ1) is 8.56. The molecule has 2 rings (SSSR count). The van der Waals surface area contributed by atoms with Gasteiger partial charge in [-0.2, -0.15) is 0 Å². The number of anilines is 1. The zero-order valence-corrected chi connectivity index (χ0v) is 9.54.